The van der Waals surface area contributed by atoms with Gasteiger partial charge >= 0.3 is 0 Å². The van der Waals surface area contributed by atoms with Crippen LogP contribution in [0, 0.1) is 10.1 Å². The van der Waals surface area contributed by atoms with Gasteiger partial charge in [-0.3, -0.25) is 15.5 Å². The molecule has 1 aliphatic heterocycles. The van der Waals surface area contributed by atoms with Gasteiger partial charge in [0, 0.05) is 24.0 Å². The molecule has 3 rings (SSSR count). The van der Waals surface area contributed by atoms with E-state index in [2.05, 4.69) is 26.8 Å². The monoisotopic (exact) mass is 391 g/mol. The number of benzene rings is 1. The van der Waals surface area contributed by atoms with Crippen LogP contribution in [0.15, 0.2) is 41.5 Å². The Morgan fingerprint density at radius 1 is 1.31 bits per heavy atom. The van der Waals surface area contributed by atoms with Crippen LogP contribution in [0.25, 0.3) is 0 Å². The van der Waals surface area contributed by atoms with Crippen molar-refractivity contribution >= 4 is 51.3 Å². The highest BCUT2D eigenvalue weighted by Crippen LogP contribution is 2.25. The first-order valence-corrected chi connectivity index (χ1v) is 9.12. The fraction of sp³-hybridized carbons (Fsp3) is 0.250. The number of nitro benzene ring substituents is 1. The van der Waals surface area contributed by atoms with Crippen molar-refractivity contribution in [3.63, 3.8) is 0 Å². The third kappa shape index (κ3) is 4.75. The van der Waals surface area contributed by atoms with Crippen LogP contribution < -0.4 is 15.6 Å². The number of anilines is 2. The van der Waals surface area contributed by atoms with Crippen LogP contribution in [0.5, 0.6) is 0 Å². The van der Waals surface area contributed by atoms with Gasteiger partial charge in [-0.05, 0) is 30.4 Å². The first-order chi connectivity index (χ1) is 12.6. The van der Waals surface area contributed by atoms with E-state index >= 15 is 0 Å². The maximum Gasteiger partial charge on any atom is 0.292 e. The number of hydrazone groups is 1. The van der Waals surface area contributed by atoms with Gasteiger partial charge in [-0.25, -0.2) is 0 Å². The van der Waals surface area contributed by atoms with E-state index < -0.39 is 4.92 Å². The van der Waals surface area contributed by atoms with E-state index in [-0.39, 0.29) is 10.8 Å². The van der Waals surface area contributed by atoms with Gasteiger partial charge in [-0.1, -0.05) is 12.1 Å². The number of ether oxygens (including phenoxy) is 1. The van der Waals surface area contributed by atoms with Crippen molar-refractivity contribution in [1.29, 1.82) is 0 Å². The average molecular weight is 391 g/mol. The zero-order valence-corrected chi connectivity index (χ0v) is 15.4. The van der Waals surface area contributed by atoms with Crippen molar-refractivity contribution in [2.24, 2.45) is 5.10 Å². The molecule has 0 spiro atoms. The van der Waals surface area contributed by atoms with Gasteiger partial charge in [-0.15, -0.1) is 11.3 Å². The number of hydrogen-bond donors (Lipinski definition) is 2. The Labute approximate surface area is 159 Å². The Balaban J connectivity index is 1.55. The highest BCUT2D eigenvalue weighted by molar-refractivity contribution is 7.80. The quantitative estimate of drug-likeness (QED) is 0.350. The minimum Gasteiger partial charge on any atom is -0.378 e. The number of hydrogen-bond acceptors (Lipinski definition) is 7. The number of nitro groups is 1. The molecule has 1 saturated heterocycles. The molecule has 0 aliphatic carbocycles. The number of nitrogens with one attached hydrogen (secondary N) is 2. The van der Waals surface area contributed by atoms with Crippen molar-refractivity contribution < 1.29 is 9.66 Å². The van der Waals surface area contributed by atoms with Gasteiger partial charge in [0.15, 0.2) is 5.11 Å². The van der Waals surface area contributed by atoms with Crippen molar-refractivity contribution in [2.75, 3.05) is 36.5 Å². The smallest absolute Gasteiger partial charge is 0.292 e. The van der Waals surface area contributed by atoms with Crippen LogP contribution in [0.4, 0.5) is 16.4 Å². The Morgan fingerprint density at radius 2 is 2.08 bits per heavy atom. The summed E-state index contributed by atoms with van der Waals surface area (Å²) < 4.78 is 5.35. The van der Waals surface area contributed by atoms with E-state index in [0.29, 0.717) is 5.69 Å². The number of rotatable bonds is 5. The second kappa shape index (κ2) is 8.70. The molecule has 0 atom stereocenters. The van der Waals surface area contributed by atoms with Crippen LogP contribution in [0.2, 0.25) is 0 Å². The van der Waals surface area contributed by atoms with E-state index in [4.69, 9.17) is 17.0 Å². The number of thiophene rings is 1. The van der Waals surface area contributed by atoms with Crippen LogP contribution in [0.3, 0.4) is 0 Å². The number of morpholine rings is 1. The largest absolute Gasteiger partial charge is 0.378 e. The van der Waals surface area contributed by atoms with Crippen molar-refractivity contribution in [1.82, 2.24) is 5.43 Å². The van der Waals surface area contributed by atoms with Crippen molar-refractivity contribution in [3.8, 4) is 0 Å². The molecule has 2 N–H and O–H groups in total. The van der Waals surface area contributed by atoms with E-state index in [0.717, 1.165) is 31.2 Å². The predicted molar refractivity (Wildman–Crippen MR) is 107 cm³/mol. The zero-order chi connectivity index (χ0) is 18.4. The molecule has 0 radical (unpaired) electrons. The third-order valence-corrected chi connectivity index (χ3v) is 4.92. The van der Waals surface area contributed by atoms with Crippen LogP contribution in [0.1, 0.15) is 4.88 Å². The Morgan fingerprint density at radius 3 is 2.85 bits per heavy atom. The number of para-hydroxylation sites is 2. The lowest BCUT2D eigenvalue weighted by atomic mass is 10.3. The fourth-order valence-electron chi connectivity index (χ4n) is 2.41. The summed E-state index contributed by atoms with van der Waals surface area (Å²) in [5.74, 6) is 0. The number of nitrogens with zero attached hydrogens (tertiary/aromatic N) is 3. The lowest BCUT2D eigenvalue weighted by Gasteiger charge is -2.27. The van der Waals surface area contributed by atoms with Gasteiger partial charge in [-0.2, -0.15) is 5.10 Å². The highest BCUT2D eigenvalue weighted by Gasteiger charge is 2.14. The maximum atomic E-state index is 11.0. The predicted octanol–water partition coefficient (Wildman–Crippen LogP) is 2.81. The molecule has 0 unspecified atom stereocenters. The molecule has 136 valence electrons. The Kier molecular flexibility index (Phi) is 6.10. The second-order valence-electron chi connectivity index (χ2n) is 5.37. The molecule has 1 aromatic heterocycles. The molecule has 2 heterocycles. The molecular formula is C16H17N5O3S2. The minimum absolute atomic E-state index is 0.0472. The molecule has 10 heteroatoms. The molecule has 0 amide bonds. The molecule has 1 aromatic carbocycles. The lowest BCUT2D eigenvalue weighted by molar-refractivity contribution is -0.383. The van der Waals surface area contributed by atoms with Gasteiger partial charge in [0.1, 0.15) is 5.69 Å². The van der Waals surface area contributed by atoms with E-state index in [1.165, 1.54) is 11.1 Å². The summed E-state index contributed by atoms with van der Waals surface area (Å²) in [4.78, 5) is 13.8. The minimum atomic E-state index is -0.465. The van der Waals surface area contributed by atoms with Crippen molar-refractivity contribution in [3.05, 3.63) is 51.4 Å². The zero-order valence-electron chi connectivity index (χ0n) is 13.8. The second-order valence-corrected chi connectivity index (χ2v) is 6.88. The molecule has 1 fully saturated rings. The van der Waals surface area contributed by atoms with Crippen LogP contribution in [-0.4, -0.2) is 42.6 Å². The van der Waals surface area contributed by atoms with Crippen molar-refractivity contribution in [2.45, 2.75) is 0 Å². The summed E-state index contributed by atoms with van der Waals surface area (Å²) in [5.41, 5.74) is 2.94. The van der Waals surface area contributed by atoms with Gasteiger partial charge in [0.2, 0.25) is 0 Å². The molecule has 26 heavy (non-hydrogen) atoms. The summed E-state index contributed by atoms with van der Waals surface area (Å²) in [5, 5.41) is 19.2. The third-order valence-electron chi connectivity index (χ3n) is 3.64. The normalized spacial score (nSPS) is 14.4. The average Bonchev–Trinajstić information content (AvgIpc) is 3.11. The highest BCUT2D eigenvalue weighted by atomic mass is 32.1. The molecule has 0 bridgehead atoms. The first-order valence-electron chi connectivity index (χ1n) is 7.89. The topological polar surface area (TPSA) is 92.0 Å². The summed E-state index contributed by atoms with van der Waals surface area (Å²) in [6, 6.07) is 10.3. The van der Waals surface area contributed by atoms with E-state index in [1.54, 1.807) is 35.8 Å². The molecular weight excluding hydrogens is 374 g/mol. The van der Waals surface area contributed by atoms with E-state index in [9.17, 15) is 10.1 Å². The summed E-state index contributed by atoms with van der Waals surface area (Å²) >= 11 is 6.76. The number of thiocarbonyl (C=S) groups is 1. The summed E-state index contributed by atoms with van der Waals surface area (Å²) in [7, 11) is 0. The van der Waals surface area contributed by atoms with Gasteiger partial charge in [0.25, 0.3) is 5.69 Å². The maximum absolute atomic E-state index is 11.0. The molecule has 1 aliphatic rings. The molecule has 0 saturated carbocycles. The Bertz CT molecular complexity index is 818. The lowest BCUT2D eigenvalue weighted by Crippen LogP contribution is -2.35. The summed E-state index contributed by atoms with van der Waals surface area (Å²) in [6.45, 7) is 3.27. The van der Waals surface area contributed by atoms with E-state index in [1.807, 2.05) is 6.07 Å². The molecule has 8 nitrogen and oxygen atoms in total. The first kappa shape index (κ1) is 18.2. The fourth-order valence-corrected chi connectivity index (χ4v) is 3.50. The van der Waals surface area contributed by atoms with Gasteiger partial charge < -0.3 is 15.0 Å². The van der Waals surface area contributed by atoms with Crippen LogP contribution in [-0.2, 0) is 4.74 Å². The standard InChI is InChI=1S/C16H17N5O3S2/c22-21(23)14-4-2-1-3-13(14)18-16(25)19-17-11-12-5-6-15(26-12)20-7-9-24-10-8-20/h1-6,11H,7-10H2,(H2,18,19,25)/b17-11-. The SMILES string of the molecule is O=[N+]([O-])c1ccccc1NC(=S)N/N=C\c1ccc(N2CCOCC2)s1. The Hall–Kier alpha value is -2.56. The molecule has 2 aromatic rings. The van der Waals surface area contributed by atoms with Gasteiger partial charge in [0.05, 0.1) is 29.4 Å². The summed E-state index contributed by atoms with van der Waals surface area (Å²) in [6.07, 6.45) is 1.67. The van der Waals surface area contributed by atoms with Crippen LogP contribution >= 0.6 is 23.6 Å².